The van der Waals surface area contributed by atoms with E-state index in [0.717, 1.165) is 17.1 Å². The molecule has 1 N–H and O–H groups in total. The number of nitrogens with one attached hydrogen (secondary N) is 1. The molecule has 0 radical (unpaired) electrons. The van der Waals surface area contributed by atoms with E-state index in [-0.39, 0.29) is 0 Å². The highest BCUT2D eigenvalue weighted by molar-refractivity contribution is 9.08. The second-order valence-corrected chi connectivity index (χ2v) is 3.66. The average Bonchev–Trinajstić information content (AvgIpc) is 3.01. The van der Waals surface area contributed by atoms with Gasteiger partial charge in [-0.1, -0.05) is 57.5 Å². The number of halogens is 1. The first-order chi connectivity index (χ1) is 9.45. The number of hydrogen-bond donors (Lipinski definition) is 1. The van der Waals surface area contributed by atoms with Crippen LogP contribution in [-0.4, -0.2) is 21.4 Å². The Balaban J connectivity index is 0.000000637. The predicted octanol–water partition coefficient (Wildman–Crippen LogP) is 2.76. The highest BCUT2D eigenvalue weighted by atomic mass is 79.9. The van der Waals surface area contributed by atoms with Crippen LogP contribution in [-0.2, 0) is 0 Å². The number of benzene rings is 2. The average molecular weight is 318 g/mol. The second kappa shape index (κ2) is 6.80. The maximum atomic E-state index is 4.12. The summed E-state index contributed by atoms with van der Waals surface area (Å²) in [6, 6.07) is 19.9. The number of rotatable bonds is 2. The van der Waals surface area contributed by atoms with E-state index in [9.17, 15) is 0 Å². The van der Waals surface area contributed by atoms with Crippen LogP contribution in [0.4, 0.5) is 0 Å². The van der Waals surface area contributed by atoms with E-state index in [2.05, 4.69) is 31.5 Å². The largest absolute Gasteiger partial charge is 0.337 e. The first-order valence-corrected chi connectivity index (χ1v) is 7.35. The van der Waals surface area contributed by atoms with Gasteiger partial charge < -0.3 is 0 Å². The van der Waals surface area contributed by atoms with E-state index in [4.69, 9.17) is 0 Å². The van der Waals surface area contributed by atoms with Crippen LogP contribution in [0, 0.1) is 0 Å². The Hall–Kier alpha value is -2.01. The molecule has 1 heterocycles. The quantitative estimate of drug-likeness (QED) is 0.583. The second-order valence-electron chi connectivity index (χ2n) is 3.66. The van der Waals surface area contributed by atoms with Crippen LogP contribution >= 0.6 is 15.9 Å². The summed E-state index contributed by atoms with van der Waals surface area (Å²) in [7, 11) is 0. The lowest BCUT2D eigenvalue weighted by Crippen LogP contribution is -2.34. The highest BCUT2D eigenvalue weighted by Crippen LogP contribution is 2.12. The van der Waals surface area contributed by atoms with E-state index < -0.39 is 0 Å². The summed E-state index contributed by atoms with van der Waals surface area (Å²) >= 11 is 2.94. The molecule has 19 heavy (non-hydrogen) atoms. The summed E-state index contributed by atoms with van der Waals surface area (Å²) < 4.78 is 1.86. The Morgan fingerprint density at radius 3 is 2.11 bits per heavy atom. The van der Waals surface area contributed by atoms with Gasteiger partial charge >= 0.3 is 5.82 Å². The summed E-state index contributed by atoms with van der Waals surface area (Å²) in [4.78, 5) is 0. The van der Waals surface area contributed by atoms with Crippen molar-refractivity contribution in [3.8, 4) is 17.1 Å². The van der Waals surface area contributed by atoms with Crippen molar-refractivity contribution < 1.29 is 4.68 Å². The fraction of sp³-hybridized carbons (Fsp3) is 0.0714. The lowest BCUT2D eigenvalue weighted by atomic mass is 10.2. The summed E-state index contributed by atoms with van der Waals surface area (Å²) in [5.41, 5.74) is 2.04. The first kappa shape index (κ1) is 13.4. The molecule has 0 fully saturated rings. The van der Waals surface area contributed by atoms with Crippen LogP contribution in [0.15, 0.2) is 60.7 Å². The van der Waals surface area contributed by atoms with E-state index in [1.165, 1.54) is 0 Å². The van der Waals surface area contributed by atoms with Crippen LogP contribution in [0.5, 0.6) is 0 Å². The molecule has 3 aromatic rings. The smallest absolute Gasteiger partial charge is 0.123 e. The lowest BCUT2D eigenvalue weighted by Gasteiger charge is -1.97. The molecule has 5 heteroatoms. The van der Waals surface area contributed by atoms with Gasteiger partial charge in [0.25, 0.3) is 0 Å². The Morgan fingerprint density at radius 2 is 1.47 bits per heavy atom. The van der Waals surface area contributed by atoms with Gasteiger partial charge in [-0.2, -0.15) is 0 Å². The van der Waals surface area contributed by atoms with E-state index >= 15 is 0 Å². The fourth-order valence-corrected chi connectivity index (χ4v) is 1.74. The fourth-order valence-electron chi connectivity index (χ4n) is 1.74. The highest BCUT2D eigenvalue weighted by Gasteiger charge is 2.17. The summed E-state index contributed by atoms with van der Waals surface area (Å²) in [6.07, 6.45) is 0. The maximum Gasteiger partial charge on any atom is 0.337 e. The van der Waals surface area contributed by atoms with Crippen molar-refractivity contribution in [3.05, 3.63) is 60.7 Å². The third kappa shape index (κ3) is 3.06. The minimum Gasteiger partial charge on any atom is -0.123 e. The van der Waals surface area contributed by atoms with Gasteiger partial charge in [0.2, 0.25) is 0 Å². The first-order valence-electron chi connectivity index (χ1n) is 5.77. The molecule has 3 rings (SSSR count). The Kier molecular flexibility index (Phi) is 4.80. The van der Waals surface area contributed by atoms with Crippen molar-refractivity contribution in [1.29, 1.82) is 0 Å². The Labute approximate surface area is 120 Å². The Morgan fingerprint density at radius 1 is 0.895 bits per heavy atom. The monoisotopic (exact) mass is 317 g/mol. The molecule has 4 nitrogen and oxygen atoms in total. The van der Waals surface area contributed by atoms with Crippen molar-refractivity contribution in [1.82, 2.24) is 15.5 Å². The van der Waals surface area contributed by atoms with Gasteiger partial charge in [0.1, 0.15) is 10.8 Å². The van der Waals surface area contributed by atoms with E-state index in [1.807, 2.05) is 71.2 Å². The van der Waals surface area contributed by atoms with E-state index in [1.54, 1.807) is 0 Å². The molecular formula is C14H14BrN4+. The zero-order chi connectivity index (χ0) is 13.5. The number of hydrogen-bond acceptors (Lipinski definition) is 2. The van der Waals surface area contributed by atoms with Crippen molar-refractivity contribution >= 4 is 15.9 Å². The van der Waals surface area contributed by atoms with Crippen LogP contribution in [0.2, 0.25) is 0 Å². The molecule has 0 aliphatic rings. The van der Waals surface area contributed by atoms with Gasteiger partial charge in [-0.3, -0.25) is 0 Å². The molecular weight excluding hydrogens is 304 g/mol. The van der Waals surface area contributed by atoms with Crippen molar-refractivity contribution in [3.63, 3.8) is 0 Å². The standard InChI is InChI=1S/C13H10N4.CH3Br/c1-3-7-11(8-4-1)13-14-15-16-17(13)12-9-5-2-6-10-12;1-2/h1-10H;1H3/p+1. The van der Waals surface area contributed by atoms with Crippen molar-refractivity contribution in [2.45, 2.75) is 0 Å². The topological polar surface area (TPSA) is 45.5 Å². The van der Waals surface area contributed by atoms with Gasteiger partial charge in [-0.15, -0.1) is 4.68 Å². The molecule has 0 saturated carbocycles. The van der Waals surface area contributed by atoms with Crippen LogP contribution in [0.3, 0.4) is 0 Å². The SMILES string of the molecule is CBr.c1ccc(-c2nn[nH][n+]2-c2ccccc2)cc1. The molecule has 96 valence electrons. The number of tetrazole rings is 1. The number of aromatic nitrogens is 4. The third-order valence-electron chi connectivity index (χ3n) is 2.55. The summed E-state index contributed by atoms with van der Waals surface area (Å²) in [6.45, 7) is 0. The summed E-state index contributed by atoms with van der Waals surface area (Å²) in [5, 5.41) is 10.9. The number of aromatic amines is 1. The molecule has 0 spiro atoms. The Bertz CT molecular complexity index is 554. The summed E-state index contributed by atoms with van der Waals surface area (Å²) in [5.74, 6) is 2.62. The molecule has 0 atom stereocenters. The molecule has 0 unspecified atom stereocenters. The maximum absolute atomic E-state index is 4.12. The number of alkyl halides is 1. The van der Waals surface area contributed by atoms with Gasteiger partial charge in [0, 0.05) is 0 Å². The molecule has 0 aliphatic heterocycles. The molecule has 0 aliphatic carbocycles. The number of para-hydroxylation sites is 1. The molecule has 0 bridgehead atoms. The minimum absolute atomic E-state index is 0.803. The predicted molar refractivity (Wildman–Crippen MR) is 78.2 cm³/mol. The molecule has 1 aromatic heterocycles. The third-order valence-corrected chi connectivity index (χ3v) is 2.55. The molecule has 2 aromatic carbocycles. The lowest BCUT2D eigenvalue weighted by molar-refractivity contribution is -0.649. The molecule has 0 saturated heterocycles. The minimum atomic E-state index is 0.803. The normalized spacial score (nSPS) is 9.58. The zero-order valence-electron chi connectivity index (χ0n) is 10.5. The van der Waals surface area contributed by atoms with Crippen LogP contribution < -0.4 is 4.68 Å². The zero-order valence-corrected chi connectivity index (χ0v) is 12.1. The molecule has 0 amide bonds. The van der Waals surface area contributed by atoms with Crippen molar-refractivity contribution in [2.24, 2.45) is 0 Å². The number of nitrogens with zero attached hydrogens (tertiary/aromatic N) is 3. The van der Waals surface area contributed by atoms with E-state index in [0.29, 0.717) is 0 Å². The van der Waals surface area contributed by atoms with Crippen molar-refractivity contribution in [2.75, 3.05) is 5.83 Å². The van der Waals surface area contributed by atoms with Gasteiger partial charge in [-0.25, -0.2) is 0 Å². The number of H-pyrrole nitrogens is 1. The van der Waals surface area contributed by atoms with Crippen LogP contribution in [0.25, 0.3) is 17.1 Å². The van der Waals surface area contributed by atoms with Gasteiger partial charge in [-0.05, 0) is 30.1 Å². The van der Waals surface area contributed by atoms with Gasteiger partial charge in [0.15, 0.2) is 5.21 Å². The van der Waals surface area contributed by atoms with Gasteiger partial charge in [0.05, 0.1) is 5.56 Å². The van der Waals surface area contributed by atoms with Crippen LogP contribution in [0.1, 0.15) is 0 Å².